The molecule has 1 aliphatic carbocycles. The van der Waals surface area contributed by atoms with Gasteiger partial charge in [-0.25, -0.2) is 4.79 Å². The number of rotatable bonds is 4. The van der Waals surface area contributed by atoms with Crippen LogP contribution in [-0.2, 0) is 4.74 Å². The second-order valence-electron chi connectivity index (χ2n) is 6.95. The van der Waals surface area contributed by atoms with E-state index in [2.05, 4.69) is 29.2 Å². The van der Waals surface area contributed by atoms with Crippen molar-refractivity contribution in [2.75, 3.05) is 11.9 Å². The van der Waals surface area contributed by atoms with Crippen LogP contribution in [0, 0.1) is 18.3 Å². The molecule has 7 heteroatoms. The molecular formula is C17H22F2N2O3. The normalized spacial score (nSPS) is 27.3. The molecule has 1 saturated heterocycles. The zero-order valence-corrected chi connectivity index (χ0v) is 13.9. The predicted molar refractivity (Wildman–Crippen MR) is 85.4 cm³/mol. The quantitative estimate of drug-likeness (QED) is 0.881. The lowest BCUT2D eigenvalue weighted by Crippen LogP contribution is -2.67. The van der Waals surface area contributed by atoms with Crippen molar-refractivity contribution in [1.29, 1.82) is 0 Å². The molecule has 24 heavy (non-hydrogen) atoms. The number of alkyl halides is 2. The second-order valence-corrected chi connectivity index (χ2v) is 6.95. The lowest BCUT2D eigenvalue weighted by molar-refractivity contribution is -0.107. The van der Waals surface area contributed by atoms with Crippen molar-refractivity contribution in [2.45, 2.75) is 45.9 Å². The van der Waals surface area contributed by atoms with E-state index in [4.69, 9.17) is 4.74 Å². The molecule has 0 bridgehead atoms. The van der Waals surface area contributed by atoms with Crippen LogP contribution in [-0.4, -0.2) is 31.4 Å². The molecule has 0 aromatic heterocycles. The third-order valence-corrected chi connectivity index (χ3v) is 5.14. The molecule has 3 rings (SSSR count). The number of amides is 2. The van der Waals surface area contributed by atoms with Gasteiger partial charge in [0.15, 0.2) is 0 Å². The summed E-state index contributed by atoms with van der Waals surface area (Å²) in [5, 5.41) is 5.72. The fourth-order valence-corrected chi connectivity index (χ4v) is 3.89. The number of carbonyl (C=O) groups excluding carboxylic acids is 1. The van der Waals surface area contributed by atoms with E-state index in [0.29, 0.717) is 17.2 Å². The largest absolute Gasteiger partial charge is 0.434 e. The van der Waals surface area contributed by atoms with E-state index in [9.17, 15) is 13.6 Å². The number of benzene rings is 1. The first-order valence-electron chi connectivity index (χ1n) is 8.04. The summed E-state index contributed by atoms with van der Waals surface area (Å²) in [5.41, 5.74) is 0.790. The van der Waals surface area contributed by atoms with Crippen LogP contribution in [0.5, 0.6) is 5.75 Å². The van der Waals surface area contributed by atoms with Gasteiger partial charge in [0.1, 0.15) is 5.75 Å². The smallest absolute Gasteiger partial charge is 0.387 e. The number of hydrogen-bond acceptors (Lipinski definition) is 3. The zero-order valence-electron chi connectivity index (χ0n) is 13.9. The average molecular weight is 340 g/mol. The van der Waals surface area contributed by atoms with E-state index in [1.807, 2.05) is 0 Å². The van der Waals surface area contributed by atoms with Crippen LogP contribution in [0.3, 0.4) is 0 Å². The number of nitrogens with one attached hydrogen (secondary N) is 2. The molecule has 1 saturated carbocycles. The summed E-state index contributed by atoms with van der Waals surface area (Å²) in [6, 6.07) is 4.34. The maximum atomic E-state index is 12.4. The van der Waals surface area contributed by atoms with Crippen LogP contribution in [0.25, 0.3) is 0 Å². The molecule has 1 aliphatic heterocycles. The van der Waals surface area contributed by atoms with Crippen LogP contribution in [0.4, 0.5) is 19.3 Å². The highest BCUT2D eigenvalue weighted by Gasteiger charge is 2.59. The number of anilines is 1. The van der Waals surface area contributed by atoms with Crippen molar-refractivity contribution in [1.82, 2.24) is 5.32 Å². The summed E-state index contributed by atoms with van der Waals surface area (Å²) in [6.45, 7) is 3.61. The van der Waals surface area contributed by atoms with Gasteiger partial charge in [0.25, 0.3) is 0 Å². The first-order valence-corrected chi connectivity index (χ1v) is 8.04. The Labute approximate surface area is 139 Å². The van der Waals surface area contributed by atoms with Gasteiger partial charge in [0.05, 0.1) is 6.10 Å². The number of hydrogen-bond donors (Lipinski definition) is 2. The fraction of sp³-hybridized carbons (Fsp3) is 0.588. The third kappa shape index (κ3) is 2.92. The Morgan fingerprint density at radius 3 is 2.88 bits per heavy atom. The van der Waals surface area contributed by atoms with Crippen LogP contribution < -0.4 is 15.4 Å². The van der Waals surface area contributed by atoms with Gasteiger partial charge < -0.3 is 20.1 Å². The van der Waals surface area contributed by atoms with Gasteiger partial charge in [0.2, 0.25) is 0 Å². The Hall–Kier alpha value is -1.89. The monoisotopic (exact) mass is 340 g/mol. The summed E-state index contributed by atoms with van der Waals surface area (Å²) < 4.78 is 35.0. The SMILES string of the molecule is Cc1c(NC(=O)N[C@@H]2[C@H]3CCO[C@@H]3C2(C)C)cccc1OC(F)F. The Balaban J connectivity index is 1.65. The van der Waals surface area contributed by atoms with Crippen LogP contribution in [0.2, 0.25) is 0 Å². The summed E-state index contributed by atoms with van der Waals surface area (Å²) in [6.07, 6.45) is 1.13. The number of urea groups is 1. The van der Waals surface area contributed by atoms with E-state index in [0.717, 1.165) is 13.0 Å². The molecule has 2 aliphatic rings. The van der Waals surface area contributed by atoms with E-state index in [1.54, 1.807) is 19.1 Å². The van der Waals surface area contributed by atoms with Crippen LogP contribution >= 0.6 is 0 Å². The van der Waals surface area contributed by atoms with Gasteiger partial charge in [-0.15, -0.1) is 0 Å². The zero-order chi connectivity index (χ0) is 17.5. The van der Waals surface area contributed by atoms with E-state index < -0.39 is 6.61 Å². The molecule has 2 amide bonds. The number of ether oxygens (including phenoxy) is 2. The van der Waals surface area contributed by atoms with Gasteiger partial charge in [-0.3, -0.25) is 0 Å². The average Bonchev–Trinajstić information content (AvgIpc) is 2.95. The summed E-state index contributed by atoms with van der Waals surface area (Å²) in [7, 11) is 0. The predicted octanol–water partition coefficient (Wildman–Crippen LogP) is 3.53. The van der Waals surface area contributed by atoms with Crippen molar-refractivity contribution in [3.05, 3.63) is 23.8 Å². The molecule has 1 aromatic carbocycles. The third-order valence-electron chi connectivity index (χ3n) is 5.14. The van der Waals surface area contributed by atoms with Gasteiger partial charge in [0, 0.05) is 35.2 Å². The second kappa shape index (κ2) is 6.20. The van der Waals surface area contributed by atoms with Crippen molar-refractivity contribution in [3.63, 3.8) is 0 Å². The van der Waals surface area contributed by atoms with Gasteiger partial charge in [-0.2, -0.15) is 8.78 Å². The maximum Gasteiger partial charge on any atom is 0.387 e. The molecule has 0 spiro atoms. The molecular weight excluding hydrogens is 318 g/mol. The van der Waals surface area contributed by atoms with Crippen molar-refractivity contribution in [2.24, 2.45) is 11.3 Å². The molecule has 2 fully saturated rings. The minimum Gasteiger partial charge on any atom is -0.434 e. The van der Waals surface area contributed by atoms with Crippen molar-refractivity contribution >= 4 is 11.7 Å². The highest BCUT2D eigenvalue weighted by molar-refractivity contribution is 5.90. The molecule has 2 N–H and O–H groups in total. The van der Waals surface area contributed by atoms with E-state index >= 15 is 0 Å². The topological polar surface area (TPSA) is 59.6 Å². The minimum absolute atomic E-state index is 0.0332. The lowest BCUT2D eigenvalue weighted by Gasteiger charge is -2.54. The highest BCUT2D eigenvalue weighted by atomic mass is 19.3. The van der Waals surface area contributed by atoms with Crippen LogP contribution in [0.1, 0.15) is 25.8 Å². The Morgan fingerprint density at radius 1 is 1.42 bits per heavy atom. The number of halogens is 2. The summed E-state index contributed by atoms with van der Waals surface area (Å²) in [5.74, 6) is 0.386. The molecule has 3 atom stereocenters. The minimum atomic E-state index is -2.90. The van der Waals surface area contributed by atoms with E-state index in [1.165, 1.54) is 6.07 Å². The van der Waals surface area contributed by atoms with Crippen molar-refractivity contribution in [3.8, 4) is 5.75 Å². The van der Waals surface area contributed by atoms with Gasteiger partial charge in [-0.05, 0) is 25.5 Å². The van der Waals surface area contributed by atoms with Gasteiger partial charge >= 0.3 is 12.6 Å². The first kappa shape index (κ1) is 17.0. The highest BCUT2D eigenvalue weighted by Crippen LogP contribution is 2.52. The maximum absolute atomic E-state index is 12.4. The molecule has 132 valence electrons. The lowest BCUT2D eigenvalue weighted by atomic mass is 9.57. The Kier molecular flexibility index (Phi) is 4.38. The van der Waals surface area contributed by atoms with E-state index in [-0.39, 0.29) is 29.3 Å². The number of carbonyl (C=O) groups is 1. The molecule has 0 unspecified atom stereocenters. The van der Waals surface area contributed by atoms with Crippen molar-refractivity contribution < 1.29 is 23.0 Å². The first-order chi connectivity index (χ1) is 11.3. The number of fused-ring (bicyclic) bond motifs is 1. The fourth-order valence-electron chi connectivity index (χ4n) is 3.89. The van der Waals surface area contributed by atoms with Crippen LogP contribution in [0.15, 0.2) is 18.2 Å². The Bertz CT molecular complexity index is 636. The summed E-state index contributed by atoms with van der Waals surface area (Å²) >= 11 is 0. The standard InChI is InChI=1S/C17H22F2N2O3/c1-9-11(5-4-6-12(9)24-15(18)19)20-16(22)21-13-10-7-8-23-14(10)17(13,2)3/h4-6,10,13-15H,7-8H2,1-3H3,(H2,20,21,22)/t10-,13-,14+/m1/s1. The molecule has 0 radical (unpaired) electrons. The molecule has 5 nitrogen and oxygen atoms in total. The summed E-state index contributed by atoms with van der Waals surface area (Å²) in [4.78, 5) is 12.3. The molecule has 1 heterocycles. The Morgan fingerprint density at radius 2 is 2.17 bits per heavy atom. The molecule has 1 aromatic rings. The van der Waals surface area contributed by atoms with Gasteiger partial charge in [-0.1, -0.05) is 19.9 Å².